The Morgan fingerprint density at radius 2 is 2.05 bits per heavy atom. The summed E-state index contributed by atoms with van der Waals surface area (Å²) in [5, 5.41) is 2.80. The van der Waals surface area contributed by atoms with E-state index in [1.54, 1.807) is 6.92 Å². The van der Waals surface area contributed by atoms with Crippen LogP contribution in [0.4, 0.5) is 0 Å². The van der Waals surface area contributed by atoms with Gasteiger partial charge in [0.2, 0.25) is 10.0 Å². The average Bonchev–Trinajstić information content (AvgIpc) is 2.98. The highest BCUT2D eigenvalue weighted by molar-refractivity contribution is 7.89. The number of carbonyl (C=O) groups excluding carboxylic acids is 1. The molecule has 0 saturated carbocycles. The van der Waals surface area contributed by atoms with Crippen molar-refractivity contribution >= 4 is 15.9 Å². The fourth-order valence-corrected chi connectivity index (χ4v) is 3.21. The van der Waals surface area contributed by atoms with Gasteiger partial charge in [0.05, 0.1) is 11.0 Å². The summed E-state index contributed by atoms with van der Waals surface area (Å²) in [5.41, 5.74) is 0.434. The molecule has 1 aromatic rings. The fourth-order valence-electron chi connectivity index (χ4n) is 2.17. The number of hydrogen-bond donors (Lipinski definition) is 2. The van der Waals surface area contributed by atoms with Gasteiger partial charge in [0.15, 0.2) is 0 Å². The first-order chi connectivity index (χ1) is 10.0. The Hall–Kier alpha value is -1.44. The first kappa shape index (κ1) is 15.9. The molecule has 1 unspecified atom stereocenters. The van der Waals surface area contributed by atoms with Gasteiger partial charge in [-0.2, -0.15) is 0 Å². The SMILES string of the molecule is CCNS(=O)(=O)c1ccc(C(=O)NCC2CCCO2)cc1. The van der Waals surface area contributed by atoms with E-state index in [9.17, 15) is 13.2 Å². The molecular weight excluding hydrogens is 292 g/mol. The van der Waals surface area contributed by atoms with Gasteiger partial charge in [-0.1, -0.05) is 6.92 Å². The molecule has 0 aliphatic carbocycles. The summed E-state index contributed by atoms with van der Waals surface area (Å²) in [4.78, 5) is 12.1. The normalized spacial score (nSPS) is 18.6. The highest BCUT2D eigenvalue weighted by Gasteiger charge is 2.17. The van der Waals surface area contributed by atoms with Crippen molar-refractivity contribution in [2.24, 2.45) is 0 Å². The zero-order valence-corrected chi connectivity index (χ0v) is 12.8. The second-order valence-corrected chi connectivity index (χ2v) is 6.64. The minimum atomic E-state index is -3.48. The van der Waals surface area contributed by atoms with E-state index in [0.29, 0.717) is 18.7 Å². The summed E-state index contributed by atoms with van der Waals surface area (Å²) in [5.74, 6) is -0.224. The smallest absolute Gasteiger partial charge is 0.251 e. The second-order valence-electron chi connectivity index (χ2n) is 4.87. The minimum absolute atomic E-state index is 0.0855. The lowest BCUT2D eigenvalue weighted by atomic mass is 10.2. The molecule has 1 heterocycles. The lowest BCUT2D eigenvalue weighted by Crippen LogP contribution is -2.31. The molecule has 116 valence electrons. The van der Waals surface area contributed by atoms with Gasteiger partial charge in [0.1, 0.15) is 0 Å². The van der Waals surface area contributed by atoms with Crippen LogP contribution < -0.4 is 10.0 Å². The summed E-state index contributed by atoms with van der Waals surface area (Å²) < 4.78 is 31.4. The van der Waals surface area contributed by atoms with Crippen molar-refractivity contribution < 1.29 is 17.9 Å². The van der Waals surface area contributed by atoms with Crippen LogP contribution in [0.25, 0.3) is 0 Å². The molecular formula is C14H20N2O4S. The zero-order chi connectivity index (χ0) is 15.3. The van der Waals surface area contributed by atoms with Crippen molar-refractivity contribution in [2.75, 3.05) is 19.7 Å². The largest absolute Gasteiger partial charge is 0.376 e. The molecule has 1 fully saturated rings. The van der Waals surface area contributed by atoms with E-state index in [-0.39, 0.29) is 16.9 Å². The third-order valence-corrected chi connectivity index (χ3v) is 4.84. The van der Waals surface area contributed by atoms with E-state index < -0.39 is 10.0 Å². The minimum Gasteiger partial charge on any atom is -0.376 e. The predicted molar refractivity (Wildman–Crippen MR) is 78.6 cm³/mol. The Labute approximate surface area is 124 Å². The van der Waals surface area contributed by atoms with Crippen molar-refractivity contribution in [3.05, 3.63) is 29.8 Å². The number of carbonyl (C=O) groups is 1. The number of hydrogen-bond acceptors (Lipinski definition) is 4. The molecule has 1 aliphatic rings. The lowest BCUT2D eigenvalue weighted by Gasteiger charge is -2.11. The number of ether oxygens (including phenoxy) is 1. The molecule has 0 aromatic heterocycles. The topological polar surface area (TPSA) is 84.5 Å². The van der Waals surface area contributed by atoms with Crippen LogP contribution in [0.5, 0.6) is 0 Å². The summed E-state index contributed by atoms with van der Waals surface area (Å²) in [6, 6.07) is 5.88. The number of amides is 1. The Balaban J connectivity index is 1.96. The van der Waals surface area contributed by atoms with Crippen LogP contribution >= 0.6 is 0 Å². The third kappa shape index (κ3) is 4.26. The lowest BCUT2D eigenvalue weighted by molar-refractivity contribution is 0.0857. The van der Waals surface area contributed by atoms with Crippen molar-refractivity contribution in [2.45, 2.75) is 30.8 Å². The van der Waals surface area contributed by atoms with Crippen LogP contribution in [0, 0.1) is 0 Å². The summed E-state index contributed by atoms with van der Waals surface area (Å²) in [6.07, 6.45) is 2.07. The van der Waals surface area contributed by atoms with E-state index in [1.165, 1.54) is 24.3 Å². The van der Waals surface area contributed by atoms with Crippen LogP contribution in [0.2, 0.25) is 0 Å². The Morgan fingerprint density at radius 1 is 1.33 bits per heavy atom. The quantitative estimate of drug-likeness (QED) is 0.817. The monoisotopic (exact) mass is 312 g/mol. The predicted octanol–water partition coefficient (Wildman–Crippen LogP) is 0.894. The molecule has 2 N–H and O–H groups in total. The van der Waals surface area contributed by atoms with E-state index in [4.69, 9.17) is 4.74 Å². The van der Waals surface area contributed by atoms with Crippen molar-refractivity contribution in [1.82, 2.24) is 10.0 Å². The van der Waals surface area contributed by atoms with Crippen molar-refractivity contribution in [3.8, 4) is 0 Å². The van der Waals surface area contributed by atoms with E-state index >= 15 is 0 Å². The highest BCUT2D eigenvalue weighted by atomic mass is 32.2. The Bertz CT molecular complexity index is 577. The van der Waals surface area contributed by atoms with Gasteiger partial charge in [-0.05, 0) is 37.1 Å². The third-order valence-electron chi connectivity index (χ3n) is 3.28. The zero-order valence-electron chi connectivity index (χ0n) is 12.0. The maximum atomic E-state index is 12.0. The molecule has 0 spiro atoms. The molecule has 0 radical (unpaired) electrons. The molecule has 1 aromatic carbocycles. The average molecular weight is 312 g/mol. The van der Waals surface area contributed by atoms with Gasteiger partial charge >= 0.3 is 0 Å². The van der Waals surface area contributed by atoms with Crippen molar-refractivity contribution in [3.63, 3.8) is 0 Å². The molecule has 7 heteroatoms. The molecule has 6 nitrogen and oxygen atoms in total. The van der Waals surface area contributed by atoms with Gasteiger partial charge in [-0.3, -0.25) is 4.79 Å². The summed E-state index contributed by atoms with van der Waals surface area (Å²) in [6.45, 7) is 3.27. The highest BCUT2D eigenvalue weighted by Crippen LogP contribution is 2.12. The van der Waals surface area contributed by atoms with Crippen LogP contribution in [-0.2, 0) is 14.8 Å². The molecule has 2 rings (SSSR count). The molecule has 1 saturated heterocycles. The van der Waals surface area contributed by atoms with Crippen LogP contribution in [0.3, 0.4) is 0 Å². The van der Waals surface area contributed by atoms with Crippen molar-refractivity contribution in [1.29, 1.82) is 0 Å². The number of rotatable bonds is 6. The van der Waals surface area contributed by atoms with Gasteiger partial charge in [0, 0.05) is 25.3 Å². The maximum absolute atomic E-state index is 12.0. The van der Waals surface area contributed by atoms with E-state index in [0.717, 1.165) is 19.4 Å². The van der Waals surface area contributed by atoms with Crippen LogP contribution in [0.1, 0.15) is 30.1 Å². The molecule has 21 heavy (non-hydrogen) atoms. The van der Waals surface area contributed by atoms with E-state index in [2.05, 4.69) is 10.0 Å². The van der Waals surface area contributed by atoms with Gasteiger partial charge < -0.3 is 10.1 Å². The fraction of sp³-hybridized carbons (Fsp3) is 0.500. The number of nitrogens with one attached hydrogen (secondary N) is 2. The van der Waals surface area contributed by atoms with Gasteiger partial charge in [-0.25, -0.2) is 13.1 Å². The molecule has 0 bridgehead atoms. The first-order valence-corrected chi connectivity index (χ1v) is 8.51. The number of sulfonamides is 1. The van der Waals surface area contributed by atoms with Gasteiger partial charge in [0.25, 0.3) is 5.91 Å². The van der Waals surface area contributed by atoms with Crippen LogP contribution in [-0.4, -0.2) is 40.1 Å². The Morgan fingerprint density at radius 3 is 2.62 bits per heavy atom. The van der Waals surface area contributed by atoms with Gasteiger partial charge in [-0.15, -0.1) is 0 Å². The molecule has 1 amide bonds. The molecule has 1 atom stereocenters. The van der Waals surface area contributed by atoms with Crippen LogP contribution in [0.15, 0.2) is 29.2 Å². The summed E-state index contributed by atoms with van der Waals surface area (Å²) >= 11 is 0. The molecule has 1 aliphatic heterocycles. The van der Waals surface area contributed by atoms with E-state index in [1.807, 2.05) is 0 Å². The summed E-state index contributed by atoms with van der Waals surface area (Å²) in [7, 11) is -3.48. The second kappa shape index (κ2) is 7.02. The first-order valence-electron chi connectivity index (χ1n) is 7.02. The standard InChI is InChI=1S/C14H20N2O4S/c1-2-16-21(18,19)13-7-5-11(6-8-13)14(17)15-10-12-4-3-9-20-12/h5-8,12,16H,2-4,9-10H2,1H3,(H,15,17). The number of benzene rings is 1. The maximum Gasteiger partial charge on any atom is 0.251 e. The Kier molecular flexibility index (Phi) is 5.33.